The summed E-state index contributed by atoms with van der Waals surface area (Å²) in [5, 5.41) is 3.13. The summed E-state index contributed by atoms with van der Waals surface area (Å²) in [5.74, 6) is -0.890. The van der Waals surface area contributed by atoms with Crippen LogP contribution in [0.25, 0.3) is 11.2 Å². The molecule has 4 N–H and O–H groups in total. The number of hydrogen-bond donors (Lipinski definition) is 3. The van der Waals surface area contributed by atoms with Crippen molar-refractivity contribution in [2.45, 2.75) is 120 Å². The van der Waals surface area contributed by atoms with E-state index in [2.05, 4.69) is 94.6 Å². The molecule has 6 rings (SSSR count). The quantitative estimate of drug-likeness (QED) is 0.0529. The molecule has 3 amide bonds. The highest BCUT2D eigenvalue weighted by molar-refractivity contribution is 7.92. The van der Waals surface area contributed by atoms with Gasteiger partial charge < -0.3 is 38.7 Å². The lowest BCUT2D eigenvalue weighted by Gasteiger charge is -2.50. The average molecular weight is 997 g/mol. The van der Waals surface area contributed by atoms with Crippen molar-refractivity contribution in [3.05, 3.63) is 59.0 Å². The number of amides is 3. The van der Waals surface area contributed by atoms with Gasteiger partial charge in [0.25, 0.3) is 5.91 Å². The van der Waals surface area contributed by atoms with Gasteiger partial charge in [0.1, 0.15) is 42.5 Å². The van der Waals surface area contributed by atoms with Crippen molar-refractivity contribution in [2.24, 2.45) is 0 Å². The normalized spacial score (nSPS) is 24.2. The van der Waals surface area contributed by atoms with Gasteiger partial charge in [0.2, 0.25) is 11.3 Å². The maximum absolute atomic E-state index is 13.5. The molecule has 0 radical (unpaired) electrons. The van der Waals surface area contributed by atoms with Crippen LogP contribution in [0.3, 0.4) is 0 Å². The zero-order valence-electron chi connectivity index (χ0n) is 38.3. The van der Waals surface area contributed by atoms with E-state index < -0.39 is 105 Å². The number of carbonyl (C=O) groups excluding carboxylic acids is 3. The Bertz CT molecular complexity index is 2390. The number of hydrogen-bond acceptors (Lipinski definition) is 17. The Kier molecular flexibility index (Phi) is 15.2. The third kappa shape index (κ3) is 11.2. The Balaban J connectivity index is 1.18. The number of β-lactam (4-membered cyclic amide) rings is 1. The van der Waals surface area contributed by atoms with E-state index in [9.17, 15) is 27.4 Å². The molecule has 358 valence electrons. The number of nitrogens with two attached hydrogens (primary N) is 1. The Morgan fingerprint density at radius 2 is 1.75 bits per heavy atom. The van der Waals surface area contributed by atoms with Gasteiger partial charge in [-0.2, -0.15) is 13.1 Å². The van der Waals surface area contributed by atoms with Gasteiger partial charge in [0, 0.05) is 10.5 Å². The van der Waals surface area contributed by atoms with Crippen molar-refractivity contribution in [3.8, 4) is 0 Å². The molecule has 0 aliphatic carbocycles. The Labute approximate surface area is 388 Å². The summed E-state index contributed by atoms with van der Waals surface area (Å²) in [6.45, 7) is 23.3. The average Bonchev–Trinajstić information content (AvgIpc) is 3.95. The first-order valence-corrected chi connectivity index (χ1v) is 30.4. The molecule has 2 fully saturated rings. The van der Waals surface area contributed by atoms with Gasteiger partial charge in [-0.25, -0.2) is 19.7 Å². The molecule has 0 aromatic carbocycles. The second-order valence-electron chi connectivity index (χ2n) is 19.0. The molecule has 2 saturated heterocycles. The number of ether oxygens (including phenoxy) is 3. The molecule has 65 heavy (non-hydrogen) atoms. The summed E-state index contributed by atoms with van der Waals surface area (Å²) in [4.78, 5) is 54.3. The van der Waals surface area contributed by atoms with Gasteiger partial charge in [-0.3, -0.25) is 23.2 Å². The number of thiophene rings is 1. The molecule has 3 aromatic heterocycles. The second-order valence-corrected chi connectivity index (χ2v) is 32.5. The Morgan fingerprint density at radius 1 is 1.08 bits per heavy atom. The molecule has 6 heterocycles. The van der Waals surface area contributed by atoms with Crippen LogP contribution in [0.15, 0.2) is 54.1 Å². The topological polar surface area (TPSA) is 261 Å². The SMILES string of the molecule is C=CCOCC1=C(COC(=O)NS(=O)(=O)OC[C@H]2O[C@@H](n3cnc4c(N)ncnc43)C(O[Si](C)(C)C(C)(C)C)C2O[Si](C)(C)C(C)(C)C)C[S+]([O-])[C@@H]2[C@H](NC(=O)Cc3cccs3)C(=O)N12. The summed E-state index contributed by atoms with van der Waals surface area (Å²) < 4.78 is 81.1. The molecule has 3 aliphatic rings. The number of aromatic nitrogens is 4. The second kappa shape index (κ2) is 19.5. The third-order valence-electron chi connectivity index (χ3n) is 12.4. The molecular formula is C40H60N8O12S3Si2. The van der Waals surface area contributed by atoms with E-state index in [-0.39, 0.29) is 52.6 Å². The minimum absolute atomic E-state index is 0.0626. The standard InChI is InChI=1S/C40H60N8O12S3Si2/c1-12-15-55-19-26-24(21-62(52)37-30(35(50)48(26)37)45-28(49)17-25-14-13-16-61-25)18-56-38(51)46-63(53,54)57-20-27-31(59-64(8,9)39(2,3)4)32(60-65(10,11)40(5,6)7)36(58-27)47-23-44-29-33(41)42-22-43-34(29)47/h12-14,16,22-23,27,30-32,36-37H,1,15,17-21H2,2-11H3,(H,45,49)(H,46,51)(H2,41,42,43)/t27-,30-,31?,32?,36-,37-,62?/m1/s1. The lowest BCUT2D eigenvalue weighted by atomic mass is 10.0. The number of fused-ring (bicyclic) bond motifs is 2. The van der Waals surface area contributed by atoms with E-state index >= 15 is 0 Å². The molecule has 0 saturated carbocycles. The maximum atomic E-state index is 13.5. The van der Waals surface area contributed by atoms with E-state index in [4.69, 9.17) is 33.0 Å². The molecule has 20 nitrogen and oxygen atoms in total. The number of nitrogens with zero attached hydrogens (tertiary/aromatic N) is 5. The number of imidazole rings is 1. The largest absolute Gasteiger partial charge is 0.614 e. The van der Waals surface area contributed by atoms with Crippen molar-refractivity contribution < 1.29 is 54.6 Å². The Hall–Kier alpha value is -3.77. The van der Waals surface area contributed by atoms with Gasteiger partial charge in [-0.1, -0.05) is 53.7 Å². The van der Waals surface area contributed by atoms with Crippen LogP contribution in [0.1, 0.15) is 52.6 Å². The number of rotatable bonds is 18. The summed E-state index contributed by atoms with van der Waals surface area (Å²) in [6, 6.07) is 2.58. The van der Waals surface area contributed by atoms with Crippen LogP contribution in [0.2, 0.25) is 36.3 Å². The fourth-order valence-corrected chi connectivity index (χ4v) is 12.6. The predicted molar refractivity (Wildman–Crippen MR) is 249 cm³/mol. The van der Waals surface area contributed by atoms with Crippen LogP contribution in [-0.2, 0) is 64.7 Å². The maximum Gasteiger partial charge on any atom is 0.423 e. The summed E-state index contributed by atoms with van der Waals surface area (Å²) in [7, 11) is -10.1. The summed E-state index contributed by atoms with van der Waals surface area (Å²) in [6.07, 6.45) is -0.659. The Morgan fingerprint density at radius 3 is 2.38 bits per heavy atom. The van der Waals surface area contributed by atoms with Gasteiger partial charge in [-0.15, -0.1) is 17.9 Å². The van der Waals surface area contributed by atoms with E-state index in [1.165, 1.54) is 35.0 Å². The van der Waals surface area contributed by atoms with Crippen molar-refractivity contribution in [1.82, 2.24) is 34.5 Å². The third-order valence-corrected chi connectivity index (χ3v) is 24.8. The van der Waals surface area contributed by atoms with Crippen LogP contribution in [0.5, 0.6) is 0 Å². The van der Waals surface area contributed by atoms with Crippen molar-refractivity contribution in [3.63, 3.8) is 0 Å². The number of anilines is 1. The van der Waals surface area contributed by atoms with Crippen LogP contribution in [0.4, 0.5) is 10.6 Å². The van der Waals surface area contributed by atoms with E-state index in [1.54, 1.807) is 15.4 Å². The first-order chi connectivity index (χ1) is 30.2. The van der Waals surface area contributed by atoms with Crippen LogP contribution in [-0.4, -0.2) is 134 Å². The first kappa shape index (κ1) is 50.6. The highest BCUT2D eigenvalue weighted by Gasteiger charge is 2.60. The van der Waals surface area contributed by atoms with Gasteiger partial charge in [0.05, 0.1) is 38.3 Å². The van der Waals surface area contributed by atoms with E-state index in [0.29, 0.717) is 11.2 Å². The number of nitrogens with one attached hydrogen (secondary N) is 2. The first-order valence-electron chi connectivity index (χ1n) is 20.9. The molecule has 3 unspecified atom stereocenters. The van der Waals surface area contributed by atoms with E-state index in [1.807, 2.05) is 11.4 Å². The van der Waals surface area contributed by atoms with Gasteiger partial charge >= 0.3 is 16.4 Å². The van der Waals surface area contributed by atoms with Crippen molar-refractivity contribution >= 4 is 84.3 Å². The van der Waals surface area contributed by atoms with Crippen LogP contribution < -0.4 is 15.8 Å². The molecule has 0 spiro atoms. The van der Waals surface area contributed by atoms with E-state index in [0.717, 1.165) is 4.88 Å². The monoisotopic (exact) mass is 996 g/mol. The zero-order valence-corrected chi connectivity index (χ0v) is 42.8. The number of carbonyl (C=O) groups is 3. The molecular weight excluding hydrogens is 937 g/mol. The van der Waals surface area contributed by atoms with Crippen LogP contribution in [0, 0.1) is 0 Å². The van der Waals surface area contributed by atoms with Crippen LogP contribution >= 0.6 is 11.3 Å². The minimum Gasteiger partial charge on any atom is -0.614 e. The zero-order chi connectivity index (χ0) is 47.9. The smallest absolute Gasteiger partial charge is 0.423 e. The summed E-state index contributed by atoms with van der Waals surface area (Å²) >= 11 is -0.329. The summed E-state index contributed by atoms with van der Waals surface area (Å²) in [5.41, 5.74) is 7.40. The molecule has 0 bridgehead atoms. The van der Waals surface area contributed by atoms with Crippen molar-refractivity contribution in [2.75, 3.05) is 37.9 Å². The molecule has 7 atom stereocenters. The van der Waals surface area contributed by atoms with Gasteiger partial charge in [-0.05, 0) is 58.9 Å². The number of nitrogen functional groups attached to an aromatic ring is 1. The highest BCUT2D eigenvalue weighted by Crippen LogP contribution is 2.46. The lowest BCUT2D eigenvalue weighted by Crippen LogP contribution is -2.74. The predicted octanol–water partition coefficient (Wildman–Crippen LogP) is 4.25. The molecule has 3 aromatic rings. The lowest BCUT2D eigenvalue weighted by molar-refractivity contribution is -0.147. The molecule has 25 heteroatoms. The van der Waals surface area contributed by atoms with Crippen molar-refractivity contribution in [1.29, 1.82) is 0 Å². The highest BCUT2D eigenvalue weighted by atomic mass is 32.2. The fraction of sp³-hybridized carbons (Fsp3) is 0.600. The fourth-order valence-electron chi connectivity index (χ4n) is 6.89. The molecule has 3 aliphatic heterocycles. The minimum atomic E-state index is -4.85. The van der Waals surface area contributed by atoms with Gasteiger partial charge in [0.15, 0.2) is 40.4 Å².